The first-order valence-electron chi connectivity index (χ1n) is 8.02. The third-order valence-corrected chi connectivity index (χ3v) is 4.37. The molecule has 1 atom stereocenters. The first kappa shape index (κ1) is 14.3. The van der Waals surface area contributed by atoms with Crippen molar-refractivity contribution < 1.29 is 0 Å². The molecule has 0 aliphatic carbocycles. The van der Waals surface area contributed by atoms with E-state index in [2.05, 4.69) is 45.3 Å². The van der Waals surface area contributed by atoms with E-state index >= 15 is 0 Å². The van der Waals surface area contributed by atoms with Crippen molar-refractivity contribution in [3.63, 3.8) is 0 Å². The summed E-state index contributed by atoms with van der Waals surface area (Å²) in [5, 5.41) is 4.25. The molecule has 4 heteroatoms. The van der Waals surface area contributed by atoms with Gasteiger partial charge in [-0.2, -0.15) is 5.10 Å². The number of likely N-dealkylation sites (tertiary alicyclic amines) is 1. The monoisotopic (exact) mass is 284 g/mol. The molecule has 1 aromatic heterocycles. The van der Waals surface area contributed by atoms with E-state index in [1.165, 1.54) is 50.8 Å². The molecule has 4 nitrogen and oxygen atoms in total. The summed E-state index contributed by atoms with van der Waals surface area (Å²) in [6.45, 7) is 3.40. The van der Waals surface area contributed by atoms with Gasteiger partial charge in [0.25, 0.3) is 0 Å². The molecule has 1 fully saturated rings. The Morgan fingerprint density at radius 2 is 2.05 bits per heavy atom. The lowest BCUT2D eigenvalue weighted by Crippen LogP contribution is -2.42. The second-order valence-corrected chi connectivity index (χ2v) is 5.89. The van der Waals surface area contributed by atoms with Gasteiger partial charge in [-0.15, -0.1) is 0 Å². The normalized spacial score (nSPS) is 19.7. The zero-order valence-electron chi connectivity index (χ0n) is 12.6. The van der Waals surface area contributed by atoms with Crippen LogP contribution in [-0.4, -0.2) is 38.8 Å². The zero-order chi connectivity index (χ0) is 14.3. The second kappa shape index (κ2) is 7.36. The van der Waals surface area contributed by atoms with Gasteiger partial charge in [0, 0.05) is 6.04 Å². The fourth-order valence-corrected chi connectivity index (χ4v) is 3.24. The van der Waals surface area contributed by atoms with E-state index in [0.29, 0.717) is 6.04 Å². The number of benzene rings is 1. The summed E-state index contributed by atoms with van der Waals surface area (Å²) < 4.78 is 1.97. The van der Waals surface area contributed by atoms with Crippen molar-refractivity contribution in [1.82, 2.24) is 19.7 Å². The van der Waals surface area contributed by atoms with Gasteiger partial charge in [-0.3, -0.25) is 9.58 Å². The molecule has 112 valence electrons. The molecule has 0 N–H and O–H groups in total. The molecule has 2 aromatic rings. The number of hydrogen-bond donors (Lipinski definition) is 0. The van der Waals surface area contributed by atoms with Crippen LogP contribution in [0.3, 0.4) is 0 Å². The van der Waals surface area contributed by atoms with E-state index in [1.54, 1.807) is 6.33 Å². The molecule has 0 amide bonds. The zero-order valence-corrected chi connectivity index (χ0v) is 12.6. The molecule has 0 radical (unpaired) electrons. The fourth-order valence-electron chi connectivity index (χ4n) is 3.24. The van der Waals surface area contributed by atoms with Crippen molar-refractivity contribution >= 4 is 0 Å². The topological polar surface area (TPSA) is 34.0 Å². The number of rotatable bonds is 6. The van der Waals surface area contributed by atoms with Crippen molar-refractivity contribution in [2.75, 3.05) is 13.1 Å². The van der Waals surface area contributed by atoms with Gasteiger partial charge in [0.15, 0.2) is 0 Å². The van der Waals surface area contributed by atoms with Gasteiger partial charge in [0.2, 0.25) is 0 Å². The Bertz CT molecular complexity index is 509. The summed E-state index contributed by atoms with van der Waals surface area (Å²) >= 11 is 0. The van der Waals surface area contributed by atoms with Gasteiger partial charge in [-0.05, 0) is 44.3 Å². The van der Waals surface area contributed by atoms with Gasteiger partial charge in [-0.25, -0.2) is 4.98 Å². The molecule has 2 heterocycles. The second-order valence-electron chi connectivity index (χ2n) is 5.89. The smallest absolute Gasteiger partial charge is 0.137 e. The van der Waals surface area contributed by atoms with Crippen LogP contribution in [0.1, 0.15) is 31.2 Å². The summed E-state index contributed by atoms with van der Waals surface area (Å²) in [5.74, 6) is 0. The van der Waals surface area contributed by atoms with Crippen LogP contribution in [0, 0.1) is 0 Å². The fraction of sp³-hybridized carbons (Fsp3) is 0.529. The van der Waals surface area contributed by atoms with E-state index < -0.39 is 0 Å². The lowest BCUT2D eigenvalue weighted by Gasteiger charge is -2.35. The highest BCUT2D eigenvalue weighted by Crippen LogP contribution is 2.19. The Hall–Kier alpha value is -1.68. The highest BCUT2D eigenvalue weighted by molar-refractivity contribution is 5.14. The van der Waals surface area contributed by atoms with E-state index in [-0.39, 0.29) is 0 Å². The number of aryl methyl sites for hydroxylation is 1. The molecule has 3 rings (SSSR count). The quantitative estimate of drug-likeness (QED) is 0.818. The largest absolute Gasteiger partial charge is 0.299 e. The summed E-state index contributed by atoms with van der Waals surface area (Å²) in [5.41, 5.74) is 1.45. The van der Waals surface area contributed by atoms with Crippen LogP contribution < -0.4 is 0 Å². The van der Waals surface area contributed by atoms with Crippen molar-refractivity contribution in [2.45, 2.75) is 44.7 Å². The summed E-state index contributed by atoms with van der Waals surface area (Å²) in [6, 6.07) is 11.4. The molecule has 1 aliphatic heterocycles. The molecule has 1 aromatic carbocycles. The Morgan fingerprint density at radius 1 is 1.14 bits per heavy atom. The predicted octanol–water partition coefficient (Wildman–Crippen LogP) is 2.77. The molecule has 0 bridgehead atoms. The van der Waals surface area contributed by atoms with Gasteiger partial charge in [0.05, 0.1) is 6.54 Å². The van der Waals surface area contributed by atoms with Crippen LogP contribution in [-0.2, 0) is 13.0 Å². The minimum Gasteiger partial charge on any atom is -0.299 e. The summed E-state index contributed by atoms with van der Waals surface area (Å²) in [7, 11) is 0. The van der Waals surface area contributed by atoms with E-state index in [1.807, 2.05) is 11.0 Å². The first-order valence-corrected chi connectivity index (χ1v) is 8.02. The number of nitrogens with zero attached hydrogens (tertiary/aromatic N) is 4. The van der Waals surface area contributed by atoms with Crippen molar-refractivity contribution in [3.8, 4) is 0 Å². The standard InChI is InChI=1S/C17H24N4/c1-2-7-16(8-3-1)9-6-12-20-11-5-4-10-17(20)13-21-15-18-14-19-21/h1-3,7-8,14-15,17H,4-6,9-13H2/t17-/m0/s1. The van der Waals surface area contributed by atoms with Crippen LogP contribution in [0.4, 0.5) is 0 Å². The number of piperidine rings is 1. The van der Waals surface area contributed by atoms with Crippen LogP contribution in [0.25, 0.3) is 0 Å². The van der Waals surface area contributed by atoms with Crippen molar-refractivity contribution in [1.29, 1.82) is 0 Å². The highest BCUT2D eigenvalue weighted by atomic mass is 15.3. The molecule has 0 unspecified atom stereocenters. The van der Waals surface area contributed by atoms with E-state index in [9.17, 15) is 0 Å². The van der Waals surface area contributed by atoms with Gasteiger partial charge >= 0.3 is 0 Å². The van der Waals surface area contributed by atoms with Crippen LogP contribution >= 0.6 is 0 Å². The maximum atomic E-state index is 4.25. The minimum atomic E-state index is 0.622. The van der Waals surface area contributed by atoms with Crippen LogP contribution in [0.2, 0.25) is 0 Å². The lowest BCUT2D eigenvalue weighted by atomic mass is 10.0. The summed E-state index contributed by atoms with van der Waals surface area (Å²) in [4.78, 5) is 6.69. The minimum absolute atomic E-state index is 0.622. The Kier molecular flexibility index (Phi) is 5.00. The van der Waals surface area contributed by atoms with Gasteiger partial charge < -0.3 is 0 Å². The van der Waals surface area contributed by atoms with Crippen molar-refractivity contribution in [2.24, 2.45) is 0 Å². The Labute approximate surface area is 126 Å². The maximum Gasteiger partial charge on any atom is 0.137 e. The average molecular weight is 284 g/mol. The third kappa shape index (κ3) is 4.14. The molecule has 1 aliphatic rings. The average Bonchev–Trinajstić information content (AvgIpc) is 3.03. The van der Waals surface area contributed by atoms with Gasteiger partial charge in [-0.1, -0.05) is 36.8 Å². The predicted molar refractivity (Wildman–Crippen MR) is 84.0 cm³/mol. The van der Waals surface area contributed by atoms with Gasteiger partial charge in [0.1, 0.15) is 12.7 Å². The van der Waals surface area contributed by atoms with E-state index in [0.717, 1.165) is 6.54 Å². The molecule has 1 saturated heterocycles. The Morgan fingerprint density at radius 3 is 2.86 bits per heavy atom. The van der Waals surface area contributed by atoms with E-state index in [4.69, 9.17) is 0 Å². The maximum absolute atomic E-state index is 4.25. The third-order valence-electron chi connectivity index (χ3n) is 4.37. The number of hydrogen-bond acceptors (Lipinski definition) is 3. The number of aromatic nitrogens is 3. The molecule has 0 saturated carbocycles. The molecular weight excluding hydrogens is 260 g/mol. The SMILES string of the molecule is c1ccc(CCCN2CCCC[C@H]2Cn2cncn2)cc1. The van der Waals surface area contributed by atoms with Crippen molar-refractivity contribution in [3.05, 3.63) is 48.5 Å². The Balaban J connectivity index is 1.50. The molecule has 0 spiro atoms. The molecular formula is C17H24N4. The van der Waals surface area contributed by atoms with Crippen LogP contribution in [0.15, 0.2) is 43.0 Å². The van der Waals surface area contributed by atoms with Crippen LogP contribution in [0.5, 0.6) is 0 Å². The highest BCUT2D eigenvalue weighted by Gasteiger charge is 2.22. The summed E-state index contributed by atoms with van der Waals surface area (Å²) in [6.07, 6.45) is 9.82. The lowest BCUT2D eigenvalue weighted by molar-refractivity contribution is 0.128. The molecule has 21 heavy (non-hydrogen) atoms. The first-order chi connectivity index (χ1) is 10.4.